The maximum Gasteiger partial charge on any atom is 0.282 e. The average Bonchev–Trinajstić information content (AvgIpc) is 2.56. The molecule has 2 aromatic rings. The summed E-state index contributed by atoms with van der Waals surface area (Å²) in [6.45, 7) is 0. The Labute approximate surface area is 131 Å². The van der Waals surface area contributed by atoms with Crippen LogP contribution in [-0.2, 0) is 0 Å². The van der Waals surface area contributed by atoms with Crippen LogP contribution in [0.2, 0.25) is 0 Å². The number of phenols is 1. The average molecular weight is 315 g/mol. The van der Waals surface area contributed by atoms with Crippen LogP contribution < -0.4 is 10.2 Å². The number of nitro benzene ring substituents is 1. The first kappa shape index (κ1) is 16.0. The minimum absolute atomic E-state index is 0.107. The molecule has 2 N–H and O–H groups in total. The van der Waals surface area contributed by atoms with Crippen molar-refractivity contribution in [2.24, 2.45) is 5.10 Å². The standard InChI is InChI=1S/C15H13N3O5/c1-23-13-8-4-5-10(14(13)19)9-16-17-15(20)11-6-2-3-7-12(11)18(21)22/h2-9,19H,1H3,(H,17,20). The van der Waals surface area contributed by atoms with Gasteiger partial charge in [0.05, 0.1) is 18.2 Å². The molecule has 118 valence electrons. The number of ether oxygens (including phenoxy) is 1. The Hall–Kier alpha value is -3.42. The molecule has 0 spiro atoms. The molecule has 1 amide bonds. The fourth-order valence-electron chi connectivity index (χ4n) is 1.85. The molecular weight excluding hydrogens is 302 g/mol. The van der Waals surface area contributed by atoms with E-state index in [0.29, 0.717) is 5.56 Å². The summed E-state index contributed by atoms with van der Waals surface area (Å²) < 4.78 is 4.95. The van der Waals surface area contributed by atoms with E-state index in [0.717, 1.165) is 0 Å². The number of hydrogen-bond donors (Lipinski definition) is 2. The number of hydrazone groups is 1. The lowest BCUT2D eigenvalue weighted by Crippen LogP contribution is -2.18. The van der Waals surface area contributed by atoms with Crippen molar-refractivity contribution in [3.8, 4) is 11.5 Å². The third kappa shape index (κ3) is 3.62. The third-order valence-electron chi connectivity index (χ3n) is 2.97. The van der Waals surface area contributed by atoms with Crippen LogP contribution in [0.25, 0.3) is 0 Å². The number of nitrogens with zero attached hydrogens (tertiary/aromatic N) is 2. The van der Waals surface area contributed by atoms with Gasteiger partial charge in [0.2, 0.25) is 0 Å². The van der Waals surface area contributed by atoms with Crippen molar-refractivity contribution in [1.29, 1.82) is 0 Å². The van der Waals surface area contributed by atoms with E-state index >= 15 is 0 Å². The van der Waals surface area contributed by atoms with E-state index in [1.165, 1.54) is 37.6 Å². The molecular formula is C15H13N3O5. The van der Waals surface area contributed by atoms with Crippen LogP contribution in [-0.4, -0.2) is 29.3 Å². The van der Waals surface area contributed by atoms with Gasteiger partial charge in [0.25, 0.3) is 11.6 Å². The number of nitro groups is 1. The fourth-order valence-corrected chi connectivity index (χ4v) is 1.85. The van der Waals surface area contributed by atoms with Crippen LogP contribution in [0.15, 0.2) is 47.6 Å². The Morgan fingerprint density at radius 1 is 1.30 bits per heavy atom. The van der Waals surface area contributed by atoms with E-state index in [-0.39, 0.29) is 22.7 Å². The molecule has 0 aliphatic carbocycles. The number of methoxy groups -OCH3 is 1. The van der Waals surface area contributed by atoms with Crippen LogP contribution in [0, 0.1) is 10.1 Å². The van der Waals surface area contributed by atoms with Crippen molar-refractivity contribution in [1.82, 2.24) is 5.43 Å². The fraction of sp³-hybridized carbons (Fsp3) is 0.0667. The first-order valence-electron chi connectivity index (χ1n) is 6.47. The molecule has 0 saturated carbocycles. The Morgan fingerprint density at radius 2 is 2.04 bits per heavy atom. The highest BCUT2D eigenvalue weighted by atomic mass is 16.6. The van der Waals surface area contributed by atoms with Gasteiger partial charge in [-0.3, -0.25) is 14.9 Å². The van der Waals surface area contributed by atoms with E-state index in [1.54, 1.807) is 18.2 Å². The summed E-state index contributed by atoms with van der Waals surface area (Å²) in [6, 6.07) is 10.3. The predicted molar refractivity (Wildman–Crippen MR) is 82.8 cm³/mol. The van der Waals surface area contributed by atoms with Gasteiger partial charge in [-0.1, -0.05) is 18.2 Å². The normalized spacial score (nSPS) is 10.5. The van der Waals surface area contributed by atoms with Crippen molar-refractivity contribution in [2.45, 2.75) is 0 Å². The summed E-state index contributed by atoms with van der Waals surface area (Å²) in [6.07, 6.45) is 1.21. The number of amides is 1. The first-order chi connectivity index (χ1) is 11.0. The first-order valence-corrected chi connectivity index (χ1v) is 6.47. The summed E-state index contributed by atoms with van der Waals surface area (Å²) in [4.78, 5) is 22.2. The second kappa shape index (κ2) is 7.03. The molecule has 0 aliphatic heterocycles. The summed E-state index contributed by atoms with van der Waals surface area (Å²) >= 11 is 0. The lowest BCUT2D eigenvalue weighted by Gasteiger charge is -2.05. The largest absolute Gasteiger partial charge is 0.504 e. The molecule has 0 aliphatic rings. The number of rotatable bonds is 5. The van der Waals surface area contributed by atoms with E-state index in [9.17, 15) is 20.0 Å². The van der Waals surface area contributed by atoms with Crippen molar-refractivity contribution in [3.05, 3.63) is 63.7 Å². The zero-order valence-electron chi connectivity index (χ0n) is 12.1. The maximum absolute atomic E-state index is 12.0. The summed E-state index contributed by atoms with van der Waals surface area (Å²) in [7, 11) is 1.41. The Kier molecular flexibility index (Phi) is 4.88. The second-order valence-electron chi connectivity index (χ2n) is 4.37. The van der Waals surface area contributed by atoms with Gasteiger partial charge in [-0.25, -0.2) is 5.43 Å². The van der Waals surface area contributed by atoms with Gasteiger partial charge in [-0.2, -0.15) is 5.10 Å². The van der Waals surface area contributed by atoms with Crippen LogP contribution in [0.3, 0.4) is 0 Å². The van der Waals surface area contributed by atoms with Gasteiger partial charge >= 0.3 is 0 Å². The Balaban J connectivity index is 2.15. The van der Waals surface area contributed by atoms with Gasteiger partial charge in [-0.15, -0.1) is 0 Å². The molecule has 0 saturated heterocycles. The molecule has 0 heterocycles. The minimum Gasteiger partial charge on any atom is -0.504 e. The van der Waals surface area contributed by atoms with Gasteiger partial charge in [0, 0.05) is 11.6 Å². The Bertz CT molecular complexity index is 773. The monoisotopic (exact) mass is 315 g/mol. The van der Waals surface area contributed by atoms with Crippen molar-refractivity contribution in [3.63, 3.8) is 0 Å². The summed E-state index contributed by atoms with van der Waals surface area (Å²) in [5.41, 5.74) is 2.09. The smallest absolute Gasteiger partial charge is 0.282 e. The SMILES string of the molecule is COc1cccc(C=NNC(=O)c2ccccc2[N+](=O)[O-])c1O. The summed E-state index contributed by atoms with van der Waals surface area (Å²) in [5.74, 6) is -0.589. The highest BCUT2D eigenvalue weighted by Crippen LogP contribution is 2.27. The molecule has 2 rings (SSSR count). The molecule has 0 atom stereocenters. The van der Waals surface area contributed by atoms with Crippen molar-refractivity contribution < 1.29 is 19.6 Å². The zero-order chi connectivity index (χ0) is 16.8. The van der Waals surface area contributed by atoms with Crippen LogP contribution in [0.1, 0.15) is 15.9 Å². The molecule has 8 heteroatoms. The highest BCUT2D eigenvalue weighted by molar-refractivity contribution is 5.98. The molecule has 0 fully saturated rings. The van der Waals surface area contributed by atoms with E-state index in [1.807, 2.05) is 0 Å². The van der Waals surface area contributed by atoms with Crippen LogP contribution >= 0.6 is 0 Å². The van der Waals surface area contributed by atoms with Crippen LogP contribution in [0.4, 0.5) is 5.69 Å². The molecule has 2 aromatic carbocycles. The lowest BCUT2D eigenvalue weighted by molar-refractivity contribution is -0.385. The number of aromatic hydroxyl groups is 1. The van der Waals surface area contributed by atoms with Gasteiger partial charge in [0.15, 0.2) is 11.5 Å². The van der Waals surface area contributed by atoms with Gasteiger partial charge < -0.3 is 9.84 Å². The second-order valence-corrected chi connectivity index (χ2v) is 4.37. The molecule has 8 nitrogen and oxygen atoms in total. The van der Waals surface area contributed by atoms with Gasteiger partial charge in [-0.05, 0) is 18.2 Å². The molecule has 0 aromatic heterocycles. The van der Waals surface area contributed by atoms with Crippen molar-refractivity contribution in [2.75, 3.05) is 7.11 Å². The number of benzene rings is 2. The molecule has 0 bridgehead atoms. The molecule has 0 unspecified atom stereocenters. The molecule has 0 radical (unpaired) electrons. The highest BCUT2D eigenvalue weighted by Gasteiger charge is 2.18. The minimum atomic E-state index is -0.726. The number of nitrogens with one attached hydrogen (secondary N) is 1. The van der Waals surface area contributed by atoms with Crippen LogP contribution in [0.5, 0.6) is 11.5 Å². The van der Waals surface area contributed by atoms with E-state index in [2.05, 4.69) is 10.5 Å². The van der Waals surface area contributed by atoms with Crippen molar-refractivity contribution >= 4 is 17.8 Å². The third-order valence-corrected chi connectivity index (χ3v) is 2.97. The van der Waals surface area contributed by atoms with Gasteiger partial charge in [0.1, 0.15) is 5.56 Å². The lowest BCUT2D eigenvalue weighted by atomic mass is 10.2. The topological polar surface area (TPSA) is 114 Å². The maximum atomic E-state index is 12.0. The molecule has 23 heavy (non-hydrogen) atoms. The zero-order valence-corrected chi connectivity index (χ0v) is 12.1. The predicted octanol–water partition coefficient (Wildman–Crippen LogP) is 2.07. The number of para-hydroxylation sites is 2. The quantitative estimate of drug-likeness (QED) is 0.498. The Morgan fingerprint density at radius 3 is 2.74 bits per heavy atom. The number of carbonyl (C=O) groups excluding carboxylic acids is 1. The summed E-state index contributed by atoms with van der Waals surface area (Å²) in [5, 5.41) is 24.4. The van der Waals surface area contributed by atoms with E-state index < -0.39 is 10.8 Å². The van der Waals surface area contributed by atoms with E-state index in [4.69, 9.17) is 4.74 Å². The number of phenolic OH excluding ortho intramolecular Hbond substituents is 1. The number of hydrogen-bond acceptors (Lipinski definition) is 6. The number of carbonyl (C=O) groups is 1.